The smallest absolute Gasteiger partial charge is 0.244 e. The van der Waals surface area contributed by atoms with Gasteiger partial charge in [-0.3, -0.25) is 9.59 Å². The van der Waals surface area contributed by atoms with Gasteiger partial charge >= 0.3 is 0 Å². The maximum atomic E-state index is 12.4. The van der Waals surface area contributed by atoms with Crippen molar-refractivity contribution in [3.05, 3.63) is 12.2 Å². The molecule has 2 amide bonds. The molecule has 134 valence electrons. The summed E-state index contributed by atoms with van der Waals surface area (Å²) in [7, 11) is 0. The molecule has 4 aliphatic rings. The first-order chi connectivity index (χ1) is 11.1. The minimum atomic E-state index is -0.191. The summed E-state index contributed by atoms with van der Waals surface area (Å²) < 4.78 is 0. The third kappa shape index (κ3) is 3.68. The molecule has 4 aliphatic carbocycles. The third-order valence-corrected chi connectivity index (χ3v) is 6.09. The molecule has 4 fully saturated rings. The second-order valence-corrected chi connectivity index (χ2v) is 9.87. The average molecular weight is 332 g/mol. The van der Waals surface area contributed by atoms with E-state index in [0.29, 0.717) is 23.3 Å². The van der Waals surface area contributed by atoms with Gasteiger partial charge in [-0.1, -0.05) is 27.7 Å². The Kier molecular flexibility index (Phi) is 4.29. The number of rotatable bonds is 5. The Hall–Kier alpha value is -1.32. The van der Waals surface area contributed by atoms with E-state index < -0.39 is 0 Å². The molecule has 0 heterocycles. The molecular weight excluding hydrogens is 300 g/mol. The minimum absolute atomic E-state index is 0.0568. The number of amides is 2. The van der Waals surface area contributed by atoms with E-state index in [2.05, 4.69) is 24.5 Å². The highest BCUT2D eigenvalue weighted by Gasteiger charge is 2.60. The number of carbonyl (C=O) groups is 2. The highest BCUT2D eigenvalue weighted by atomic mass is 16.2. The number of carbonyl (C=O) groups excluding carboxylic acids is 2. The van der Waals surface area contributed by atoms with E-state index in [4.69, 9.17) is 0 Å². The summed E-state index contributed by atoms with van der Waals surface area (Å²) in [6.45, 7) is 9.51. The van der Waals surface area contributed by atoms with Crippen LogP contribution in [0.2, 0.25) is 0 Å². The van der Waals surface area contributed by atoms with Crippen molar-refractivity contribution in [2.75, 3.05) is 6.54 Å². The zero-order chi connectivity index (χ0) is 17.6. The highest BCUT2D eigenvalue weighted by molar-refractivity contribution is 5.97. The molecule has 4 nitrogen and oxygen atoms in total. The first kappa shape index (κ1) is 17.5. The third-order valence-electron chi connectivity index (χ3n) is 6.09. The van der Waals surface area contributed by atoms with Gasteiger partial charge in [-0.25, -0.2) is 0 Å². The minimum Gasteiger partial charge on any atom is -0.352 e. The summed E-state index contributed by atoms with van der Waals surface area (Å²) >= 11 is 0. The topological polar surface area (TPSA) is 58.2 Å². The van der Waals surface area contributed by atoms with Crippen molar-refractivity contribution in [2.24, 2.45) is 22.7 Å². The maximum absolute atomic E-state index is 12.4. The highest BCUT2D eigenvalue weighted by Crippen LogP contribution is 2.66. The molecular formula is C20H32N2O2. The average Bonchev–Trinajstić information content (AvgIpc) is 2.38. The molecule has 0 saturated heterocycles. The van der Waals surface area contributed by atoms with Crippen LogP contribution in [0.1, 0.15) is 66.2 Å². The monoisotopic (exact) mass is 332 g/mol. The van der Waals surface area contributed by atoms with E-state index in [1.807, 2.05) is 13.8 Å². The Bertz CT molecular complexity index is 548. The molecule has 0 aliphatic heterocycles. The van der Waals surface area contributed by atoms with E-state index in [9.17, 15) is 9.59 Å². The fourth-order valence-corrected chi connectivity index (χ4v) is 6.41. The lowest BCUT2D eigenvalue weighted by atomic mass is 9.43. The molecule has 0 aromatic rings. The van der Waals surface area contributed by atoms with Crippen molar-refractivity contribution in [1.82, 2.24) is 10.6 Å². The van der Waals surface area contributed by atoms with Gasteiger partial charge in [-0.15, -0.1) is 0 Å². The zero-order valence-electron chi connectivity index (χ0n) is 15.6. The van der Waals surface area contributed by atoms with Gasteiger partial charge in [0.2, 0.25) is 11.8 Å². The van der Waals surface area contributed by atoms with Crippen molar-refractivity contribution in [1.29, 1.82) is 0 Å². The molecule has 0 spiro atoms. The lowest BCUT2D eigenvalue weighted by Gasteiger charge is -2.65. The molecule has 0 aromatic carbocycles. The lowest BCUT2D eigenvalue weighted by molar-refractivity contribution is -0.136. The summed E-state index contributed by atoms with van der Waals surface area (Å²) in [5.74, 6) is 0.840. The summed E-state index contributed by atoms with van der Waals surface area (Å²) in [6, 6.07) is 0. The first-order valence-corrected chi connectivity index (χ1v) is 9.39. The van der Waals surface area contributed by atoms with E-state index in [1.54, 1.807) is 0 Å². The molecule has 4 heteroatoms. The molecule has 4 saturated carbocycles. The Labute approximate surface area is 145 Å². The Morgan fingerprint density at radius 3 is 2.12 bits per heavy atom. The fraction of sp³-hybridized carbons (Fsp3) is 0.800. The van der Waals surface area contributed by atoms with Gasteiger partial charge in [0.05, 0.1) is 0 Å². The summed E-state index contributed by atoms with van der Waals surface area (Å²) in [4.78, 5) is 24.1. The zero-order valence-corrected chi connectivity index (χ0v) is 15.6. The lowest BCUT2D eigenvalue weighted by Crippen LogP contribution is -2.65. The van der Waals surface area contributed by atoms with Gasteiger partial charge in [0.1, 0.15) is 0 Å². The van der Waals surface area contributed by atoms with E-state index in [-0.39, 0.29) is 17.4 Å². The molecule has 2 N–H and O–H groups in total. The van der Waals surface area contributed by atoms with E-state index in [0.717, 1.165) is 25.2 Å². The van der Waals surface area contributed by atoms with E-state index in [1.165, 1.54) is 31.4 Å². The predicted octanol–water partition coefficient (Wildman–Crippen LogP) is 3.18. The van der Waals surface area contributed by atoms with Gasteiger partial charge in [-0.2, -0.15) is 0 Å². The number of hydrogen-bond donors (Lipinski definition) is 2. The summed E-state index contributed by atoms with van der Waals surface area (Å²) in [6.07, 6.45) is 9.97. The van der Waals surface area contributed by atoms with Crippen LogP contribution in [0.4, 0.5) is 0 Å². The van der Waals surface area contributed by atoms with Crippen molar-refractivity contribution >= 4 is 11.8 Å². The van der Waals surface area contributed by atoms with Crippen LogP contribution in [0, 0.1) is 22.7 Å². The first-order valence-electron chi connectivity index (χ1n) is 9.39. The molecule has 4 bridgehead atoms. The molecule has 0 aromatic heterocycles. The molecule has 2 unspecified atom stereocenters. The van der Waals surface area contributed by atoms with Crippen LogP contribution in [0.15, 0.2) is 12.2 Å². The van der Waals surface area contributed by atoms with Gasteiger partial charge in [0.15, 0.2) is 0 Å². The molecule has 24 heavy (non-hydrogen) atoms. The maximum Gasteiger partial charge on any atom is 0.244 e. The second-order valence-electron chi connectivity index (χ2n) is 9.87. The van der Waals surface area contributed by atoms with Gasteiger partial charge in [0.25, 0.3) is 0 Å². The molecule has 4 rings (SSSR count). The summed E-state index contributed by atoms with van der Waals surface area (Å²) in [5.41, 5.74) is 0.693. The van der Waals surface area contributed by atoms with Crippen LogP contribution in [0.3, 0.4) is 0 Å². The van der Waals surface area contributed by atoms with Crippen molar-refractivity contribution in [2.45, 2.75) is 71.8 Å². The predicted molar refractivity (Wildman–Crippen MR) is 95.3 cm³/mol. The fourth-order valence-electron chi connectivity index (χ4n) is 6.41. The van der Waals surface area contributed by atoms with Crippen molar-refractivity contribution < 1.29 is 9.59 Å². The van der Waals surface area contributed by atoms with Crippen molar-refractivity contribution in [3.63, 3.8) is 0 Å². The Balaban J connectivity index is 1.61. The second kappa shape index (κ2) is 5.89. The molecule has 2 atom stereocenters. The van der Waals surface area contributed by atoms with Crippen LogP contribution in [0.25, 0.3) is 0 Å². The number of hydrogen-bond acceptors (Lipinski definition) is 2. The standard InChI is InChI=1S/C20H32N2O2/c1-14(2)10-21-16(23)5-6-17(24)22-20-9-15-7-18(3,12-20)11-19(4,8-15)13-20/h5-6,14-15H,7-13H2,1-4H3,(H,21,23)(H,22,24)/b6-5+. The van der Waals surface area contributed by atoms with Crippen LogP contribution >= 0.6 is 0 Å². The van der Waals surface area contributed by atoms with Crippen LogP contribution < -0.4 is 10.6 Å². The van der Waals surface area contributed by atoms with Gasteiger partial charge in [-0.05, 0) is 61.2 Å². The normalized spacial score (nSPS) is 40.3. The largest absolute Gasteiger partial charge is 0.352 e. The van der Waals surface area contributed by atoms with Crippen LogP contribution in [-0.4, -0.2) is 23.9 Å². The SMILES string of the molecule is CC(C)CNC(=O)/C=C/C(=O)NC12CC3CC(C)(CC(C)(C3)C1)C2. The van der Waals surface area contributed by atoms with Gasteiger partial charge < -0.3 is 10.6 Å². The Morgan fingerprint density at radius 2 is 1.58 bits per heavy atom. The quantitative estimate of drug-likeness (QED) is 0.760. The van der Waals surface area contributed by atoms with Crippen molar-refractivity contribution in [3.8, 4) is 0 Å². The summed E-state index contributed by atoms with van der Waals surface area (Å²) in [5, 5.41) is 6.09. The van der Waals surface area contributed by atoms with E-state index >= 15 is 0 Å². The molecule has 0 radical (unpaired) electrons. The van der Waals surface area contributed by atoms with Crippen LogP contribution in [0.5, 0.6) is 0 Å². The Morgan fingerprint density at radius 1 is 1.00 bits per heavy atom. The van der Waals surface area contributed by atoms with Crippen LogP contribution in [-0.2, 0) is 9.59 Å². The number of nitrogens with one attached hydrogen (secondary N) is 2. The van der Waals surface area contributed by atoms with Gasteiger partial charge in [0, 0.05) is 24.2 Å².